The molecule has 0 atom stereocenters. The zero-order chi connectivity index (χ0) is 14.8. The van der Waals surface area contributed by atoms with E-state index in [1.54, 1.807) is 25.1 Å². The van der Waals surface area contributed by atoms with Crippen LogP contribution in [0.1, 0.15) is 5.82 Å². The van der Waals surface area contributed by atoms with Crippen molar-refractivity contribution >= 4 is 21.7 Å². The highest BCUT2D eigenvalue weighted by Crippen LogP contribution is 2.22. The summed E-state index contributed by atoms with van der Waals surface area (Å²) in [5, 5.41) is 8.79. The van der Waals surface area contributed by atoms with Gasteiger partial charge in [0.2, 0.25) is 0 Å². The number of nitrogens with zero attached hydrogens (tertiary/aromatic N) is 2. The Bertz CT molecular complexity index is 709. The van der Waals surface area contributed by atoms with Crippen LogP contribution >= 0.6 is 0 Å². The van der Waals surface area contributed by atoms with Gasteiger partial charge in [-0.25, -0.2) is 4.98 Å². The molecule has 0 aliphatic carbocycles. The van der Waals surface area contributed by atoms with E-state index >= 15 is 0 Å². The minimum atomic E-state index is -3.99. The Kier molecular flexibility index (Phi) is 3.75. The highest BCUT2D eigenvalue weighted by Gasteiger charge is 2.28. The standard InChI is InChI=1S/C12H13N3O4S/c1-9-13-7-11(14-9)20(18,19)15(8-12(16)17)10-5-3-2-4-6-10/h2-7H,8H2,1H3,(H,13,14)(H,16,17). The van der Waals surface area contributed by atoms with Crippen LogP contribution < -0.4 is 4.31 Å². The number of para-hydroxylation sites is 1. The first-order chi connectivity index (χ1) is 9.41. The van der Waals surface area contributed by atoms with Gasteiger partial charge in [-0.3, -0.25) is 9.10 Å². The maximum absolute atomic E-state index is 12.5. The largest absolute Gasteiger partial charge is 0.480 e. The zero-order valence-electron chi connectivity index (χ0n) is 10.6. The average molecular weight is 295 g/mol. The highest BCUT2D eigenvalue weighted by molar-refractivity contribution is 7.92. The summed E-state index contributed by atoms with van der Waals surface area (Å²) in [6.45, 7) is 0.952. The number of anilines is 1. The molecule has 1 heterocycles. The molecule has 0 saturated heterocycles. The predicted octanol–water partition coefficient (Wildman–Crippen LogP) is 0.998. The van der Waals surface area contributed by atoms with Gasteiger partial charge in [-0.05, 0) is 19.1 Å². The van der Waals surface area contributed by atoms with Crippen molar-refractivity contribution < 1.29 is 18.3 Å². The van der Waals surface area contributed by atoms with E-state index in [9.17, 15) is 13.2 Å². The number of aromatic amines is 1. The van der Waals surface area contributed by atoms with Gasteiger partial charge in [0.25, 0.3) is 10.0 Å². The fraction of sp³-hybridized carbons (Fsp3) is 0.167. The van der Waals surface area contributed by atoms with Crippen molar-refractivity contribution in [1.82, 2.24) is 9.97 Å². The Labute approximate surface area is 115 Å². The van der Waals surface area contributed by atoms with Gasteiger partial charge in [-0.15, -0.1) is 0 Å². The van der Waals surface area contributed by atoms with Gasteiger partial charge >= 0.3 is 5.97 Å². The third-order valence-corrected chi connectivity index (χ3v) is 4.25. The van der Waals surface area contributed by atoms with Gasteiger partial charge in [0.15, 0.2) is 5.03 Å². The van der Waals surface area contributed by atoms with Crippen molar-refractivity contribution in [3.63, 3.8) is 0 Å². The normalized spacial score (nSPS) is 11.2. The molecule has 20 heavy (non-hydrogen) atoms. The molecule has 2 aromatic rings. The molecule has 0 aliphatic heterocycles. The number of rotatable bonds is 5. The summed E-state index contributed by atoms with van der Waals surface area (Å²) in [7, 11) is -3.99. The zero-order valence-corrected chi connectivity index (χ0v) is 11.5. The summed E-state index contributed by atoms with van der Waals surface area (Å²) in [4.78, 5) is 17.4. The van der Waals surface area contributed by atoms with Crippen molar-refractivity contribution in [2.75, 3.05) is 10.8 Å². The van der Waals surface area contributed by atoms with Gasteiger partial charge in [0.1, 0.15) is 12.4 Å². The maximum atomic E-state index is 12.5. The van der Waals surface area contributed by atoms with Crippen LogP contribution in [0.15, 0.2) is 41.6 Å². The summed E-state index contributed by atoms with van der Waals surface area (Å²) < 4.78 is 25.8. The molecule has 0 spiro atoms. The summed E-state index contributed by atoms with van der Waals surface area (Å²) >= 11 is 0. The minimum absolute atomic E-state index is 0.139. The lowest BCUT2D eigenvalue weighted by Gasteiger charge is -2.21. The van der Waals surface area contributed by atoms with E-state index in [-0.39, 0.29) is 10.7 Å². The Morgan fingerprint density at radius 1 is 1.35 bits per heavy atom. The van der Waals surface area contributed by atoms with E-state index in [1.807, 2.05) is 0 Å². The number of sulfonamides is 1. The van der Waals surface area contributed by atoms with Crippen molar-refractivity contribution in [2.24, 2.45) is 0 Å². The number of hydrogen-bond acceptors (Lipinski definition) is 4. The topological polar surface area (TPSA) is 103 Å². The Balaban J connectivity index is 2.49. The molecule has 8 heteroatoms. The second-order valence-electron chi connectivity index (χ2n) is 4.07. The first-order valence-electron chi connectivity index (χ1n) is 5.72. The minimum Gasteiger partial charge on any atom is -0.480 e. The van der Waals surface area contributed by atoms with E-state index in [0.29, 0.717) is 5.82 Å². The van der Waals surface area contributed by atoms with Crippen LogP contribution in [0.5, 0.6) is 0 Å². The van der Waals surface area contributed by atoms with Crippen LogP contribution in [-0.4, -0.2) is 36.0 Å². The molecule has 0 bridgehead atoms. The molecular formula is C12H13N3O4S. The Morgan fingerprint density at radius 2 is 2.00 bits per heavy atom. The molecule has 2 rings (SSSR count). The fourth-order valence-electron chi connectivity index (χ4n) is 1.68. The lowest BCUT2D eigenvalue weighted by molar-refractivity contribution is -0.135. The molecule has 106 valence electrons. The smallest absolute Gasteiger partial charge is 0.324 e. The van der Waals surface area contributed by atoms with E-state index < -0.39 is 22.5 Å². The first-order valence-corrected chi connectivity index (χ1v) is 7.16. The van der Waals surface area contributed by atoms with E-state index in [2.05, 4.69) is 9.97 Å². The second-order valence-corrected chi connectivity index (χ2v) is 5.90. The molecule has 0 saturated carbocycles. The molecule has 0 aliphatic rings. The lowest BCUT2D eigenvalue weighted by atomic mass is 10.3. The number of benzene rings is 1. The van der Waals surface area contributed by atoms with Crippen molar-refractivity contribution in [3.05, 3.63) is 42.4 Å². The number of imidazole rings is 1. The molecule has 0 unspecified atom stereocenters. The Hall–Kier alpha value is -2.35. The lowest BCUT2D eigenvalue weighted by Crippen LogP contribution is -2.35. The number of aliphatic carboxylic acids is 1. The van der Waals surface area contributed by atoms with Crippen LogP contribution in [0.25, 0.3) is 0 Å². The number of carbonyl (C=O) groups is 1. The molecule has 0 amide bonds. The van der Waals surface area contributed by atoms with Crippen LogP contribution in [0, 0.1) is 6.92 Å². The number of carboxylic acid groups (broad SMARTS) is 1. The molecule has 7 nitrogen and oxygen atoms in total. The average Bonchev–Trinajstić information content (AvgIpc) is 2.84. The number of aromatic nitrogens is 2. The molecule has 2 N–H and O–H groups in total. The fourth-order valence-corrected chi connectivity index (χ4v) is 3.06. The monoisotopic (exact) mass is 295 g/mol. The number of carboxylic acids is 1. The van der Waals surface area contributed by atoms with Gasteiger partial charge in [0, 0.05) is 0 Å². The maximum Gasteiger partial charge on any atom is 0.324 e. The SMILES string of the molecule is Cc1ncc(S(=O)(=O)N(CC(=O)O)c2ccccc2)[nH]1. The van der Waals surface area contributed by atoms with Crippen LogP contribution in [0.4, 0.5) is 5.69 Å². The predicted molar refractivity (Wildman–Crippen MR) is 71.9 cm³/mol. The molecule has 1 aromatic carbocycles. The van der Waals surface area contributed by atoms with E-state index in [1.165, 1.54) is 18.3 Å². The summed E-state index contributed by atoms with van der Waals surface area (Å²) in [5.74, 6) is -0.805. The first kappa shape index (κ1) is 14.1. The second kappa shape index (κ2) is 5.33. The van der Waals surface area contributed by atoms with E-state index in [0.717, 1.165) is 4.31 Å². The number of hydrogen-bond donors (Lipinski definition) is 2. The summed E-state index contributed by atoms with van der Waals surface area (Å²) in [6.07, 6.45) is 1.17. The van der Waals surface area contributed by atoms with Crippen LogP contribution in [0.2, 0.25) is 0 Å². The molecule has 1 aromatic heterocycles. The van der Waals surface area contributed by atoms with Gasteiger partial charge in [-0.2, -0.15) is 8.42 Å². The Morgan fingerprint density at radius 3 is 2.50 bits per heavy atom. The van der Waals surface area contributed by atoms with Crippen LogP contribution in [-0.2, 0) is 14.8 Å². The van der Waals surface area contributed by atoms with Crippen LogP contribution in [0.3, 0.4) is 0 Å². The number of H-pyrrole nitrogens is 1. The quantitative estimate of drug-likeness (QED) is 0.856. The number of nitrogens with one attached hydrogen (secondary N) is 1. The third kappa shape index (κ3) is 2.80. The van der Waals surface area contributed by atoms with Crippen molar-refractivity contribution in [3.8, 4) is 0 Å². The van der Waals surface area contributed by atoms with Crippen molar-refractivity contribution in [2.45, 2.75) is 11.9 Å². The van der Waals surface area contributed by atoms with Gasteiger partial charge < -0.3 is 10.1 Å². The highest BCUT2D eigenvalue weighted by atomic mass is 32.2. The van der Waals surface area contributed by atoms with E-state index in [4.69, 9.17) is 5.11 Å². The molecule has 0 radical (unpaired) electrons. The molecular weight excluding hydrogens is 282 g/mol. The van der Waals surface area contributed by atoms with Gasteiger partial charge in [0.05, 0.1) is 11.9 Å². The molecule has 0 fully saturated rings. The third-order valence-electron chi connectivity index (χ3n) is 2.57. The van der Waals surface area contributed by atoms with Gasteiger partial charge in [-0.1, -0.05) is 18.2 Å². The summed E-state index contributed by atoms with van der Waals surface area (Å²) in [5.41, 5.74) is 0.280. The summed E-state index contributed by atoms with van der Waals surface area (Å²) in [6, 6.07) is 8.05. The van der Waals surface area contributed by atoms with Crippen molar-refractivity contribution in [1.29, 1.82) is 0 Å². The number of aryl methyl sites for hydroxylation is 1.